The first-order valence-corrected chi connectivity index (χ1v) is 8.32. The van der Waals surface area contributed by atoms with E-state index in [1.54, 1.807) is 17.0 Å². The maximum atomic E-state index is 12.3. The predicted octanol–water partition coefficient (Wildman–Crippen LogP) is 3.49. The molecule has 0 fully saturated rings. The highest BCUT2D eigenvalue weighted by atomic mass is 35.5. The second kappa shape index (κ2) is 9.13. The summed E-state index contributed by atoms with van der Waals surface area (Å²) >= 11 is 5.97. The average molecular weight is 349 g/mol. The van der Waals surface area contributed by atoms with Crippen LogP contribution in [-0.4, -0.2) is 29.8 Å². The number of furan rings is 1. The van der Waals surface area contributed by atoms with Gasteiger partial charge in [0.25, 0.3) is 5.91 Å². The van der Waals surface area contributed by atoms with E-state index in [-0.39, 0.29) is 17.6 Å². The van der Waals surface area contributed by atoms with Gasteiger partial charge in [-0.15, -0.1) is 0 Å². The Balaban J connectivity index is 1.74. The molecule has 24 heavy (non-hydrogen) atoms. The lowest BCUT2D eigenvalue weighted by molar-refractivity contribution is -0.131. The fourth-order valence-electron chi connectivity index (χ4n) is 2.33. The molecule has 6 heteroatoms. The molecule has 0 unspecified atom stereocenters. The molecule has 0 saturated heterocycles. The van der Waals surface area contributed by atoms with Crippen LogP contribution in [0.15, 0.2) is 47.1 Å². The van der Waals surface area contributed by atoms with Crippen LogP contribution in [0.25, 0.3) is 0 Å². The van der Waals surface area contributed by atoms with E-state index in [0.29, 0.717) is 37.5 Å². The van der Waals surface area contributed by atoms with Crippen LogP contribution in [0.5, 0.6) is 0 Å². The van der Waals surface area contributed by atoms with Crippen molar-refractivity contribution in [2.45, 2.75) is 26.3 Å². The highest BCUT2D eigenvalue weighted by Gasteiger charge is 2.13. The zero-order valence-corrected chi connectivity index (χ0v) is 14.4. The minimum atomic E-state index is -0.265. The number of carbonyl (C=O) groups is 2. The van der Waals surface area contributed by atoms with Crippen LogP contribution >= 0.6 is 11.6 Å². The van der Waals surface area contributed by atoms with Crippen LogP contribution in [0.3, 0.4) is 0 Å². The number of hydrogen-bond donors (Lipinski definition) is 1. The summed E-state index contributed by atoms with van der Waals surface area (Å²) in [5, 5.41) is 3.40. The molecule has 0 atom stereocenters. The molecule has 0 aliphatic heterocycles. The number of halogens is 1. The highest BCUT2D eigenvalue weighted by molar-refractivity contribution is 6.30. The van der Waals surface area contributed by atoms with Crippen molar-refractivity contribution >= 4 is 23.4 Å². The molecule has 1 N–H and O–H groups in total. The minimum Gasteiger partial charge on any atom is -0.459 e. The van der Waals surface area contributed by atoms with Gasteiger partial charge in [0.2, 0.25) is 5.91 Å². The van der Waals surface area contributed by atoms with E-state index in [2.05, 4.69) is 5.32 Å². The van der Waals surface area contributed by atoms with Crippen LogP contribution in [0, 0.1) is 0 Å². The Morgan fingerprint density at radius 1 is 1.25 bits per heavy atom. The van der Waals surface area contributed by atoms with Crippen LogP contribution in [0.4, 0.5) is 0 Å². The van der Waals surface area contributed by atoms with Crippen molar-refractivity contribution in [2.24, 2.45) is 0 Å². The van der Waals surface area contributed by atoms with Gasteiger partial charge in [-0.1, -0.05) is 23.7 Å². The molecule has 2 rings (SSSR count). The van der Waals surface area contributed by atoms with Gasteiger partial charge in [0, 0.05) is 31.1 Å². The van der Waals surface area contributed by atoms with Crippen molar-refractivity contribution < 1.29 is 14.0 Å². The fourth-order valence-corrected chi connectivity index (χ4v) is 2.54. The van der Waals surface area contributed by atoms with Gasteiger partial charge in [-0.25, -0.2) is 0 Å². The first-order chi connectivity index (χ1) is 11.6. The molecular formula is C18H21ClN2O3. The summed E-state index contributed by atoms with van der Waals surface area (Å²) in [5.74, 6) is 0.0703. The van der Waals surface area contributed by atoms with Gasteiger partial charge >= 0.3 is 0 Å². The van der Waals surface area contributed by atoms with Gasteiger partial charge in [-0.2, -0.15) is 0 Å². The molecule has 0 radical (unpaired) electrons. The Morgan fingerprint density at radius 3 is 2.75 bits per heavy atom. The van der Waals surface area contributed by atoms with E-state index in [1.807, 2.05) is 31.2 Å². The van der Waals surface area contributed by atoms with Crippen molar-refractivity contribution in [3.8, 4) is 0 Å². The first-order valence-electron chi connectivity index (χ1n) is 7.94. The summed E-state index contributed by atoms with van der Waals surface area (Å²) in [6.07, 6.45) is 2.41. The lowest BCUT2D eigenvalue weighted by atomic mass is 10.2. The fraction of sp³-hybridized carbons (Fsp3) is 0.333. The number of hydrogen-bond acceptors (Lipinski definition) is 3. The SMILES string of the molecule is CCN(Cc1cccc(Cl)c1)C(=O)CCCNC(=O)c1ccco1. The van der Waals surface area contributed by atoms with Crippen molar-refractivity contribution in [2.75, 3.05) is 13.1 Å². The van der Waals surface area contributed by atoms with Crippen LogP contribution in [0.2, 0.25) is 5.02 Å². The molecule has 0 aliphatic rings. The molecule has 0 saturated carbocycles. The molecule has 128 valence electrons. The zero-order valence-electron chi connectivity index (χ0n) is 13.6. The normalized spacial score (nSPS) is 10.4. The van der Waals surface area contributed by atoms with Gasteiger partial charge in [0.15, 0.2) is 5.76 Å². The average Bonchev–Trinajstić information content (AvgIpc) is 3.11. The number of amides is 2. The van der Waals surface area contributed by atoms with Crippen LogP contribution in [-0.2, 0) is 11.3 Å². The van der Waals surface area contributed by atoms with E-state index in [4.69, 9.17) is 16.0 Å². The van der Waals surface area contributed by atoms with Gasteiger partial charge in [0.1, 0.15) is 0 Å². The van der Waals surface area contributed by atoms with Crippen molar-refractivity contribution in [3.63, 3.8) is 0 Å². The number of nitrogens with one attached hydrogen (secondary N) is 1. The van der Waals surface area contributed by atoms with Crippen molar-refractivity contribution in [1.29, 1.82) is 0 Å². The number of rotatable bonds is 8. The molecule has 0 spiro atoms. The predicted molar refractivity (Wildman–Crippen MR) is 92.8 cm³/mol. The molecular weight excluding hydrogens is 328 g/mol. The largest absolute Gasteiger partial charge is 0.459 e. The Labute approximate surface area is 146 Å². The summed E-state index contributed by atoms with van der Waals surface area (Å²) in [5.41, 5.74) is 1.00. The minimum absolute atomic E-state index is 0.0599. The Morgan fingerprint density at radius 2 is 2.08 bits per heavy atom. The van der Waals surface area contributed by atoms with Gasteiger partial charge in [-0.05, 0) is 43.2 Å². The molecule has 1 aromatic carbocycles. The van der Waals surface area contributed by atoms with E-state index in [9.17, 15) is 9.59 Å². The van der Waals surface area contributed by atoms with E-state index in [0.717, 1.165) is 5.56 Å². The van der Waals surface area contributed by atoms with Gasteiger partial charge in [0.05, 0.1) is 6.26 Å². The van der Waals surface area contributed by atoms with Crippen LogP contribution < -0.4 is 5.32 Å². The van der Waals surface area contributed by atoms with Gasteiger partial charge in [-0.3, -0.25) is 9.59 Å². The lowest BCUT2D eigenvalue weighted by Crippen LogP contribution is -2.31. The number of benzene rings is 1. The second-order valence-corrected chi connectivity index (χ2v) is 5.81. The standard InChI is InChI=1S/C18H21ClN2O3/c1-2-21(13-14-6-3-7-15(19)12-14)17(22)9-4-10-20-18(23)16-8-5-11-24-16/h3,5-8,11-12H,2,4,9-10,13H2,1H3,(H,20,23). The van der Waals surface area contributed by atoms with Crippen LogP contribution in [0.1, 0.15) is 35.9 Å². The molecule has 1 aromatic heterocycles. The topological polar surface area (TPSA) is 62.6 Å². The Kier molecular flexibility index (Phi) is 6.88. The molecule has 2 aromatic rings. The quantitative estimate of drug-likeness (QED) is 0.743. The molecule has 2 amide bonds. The second-order valence-electron chi connectivity index (χ2n) is 5.37. The monoisotopic (exact) mass is 348 g/mol. The summed E-state index contributed by atoms with van der Waals surface area (Å²) < 4.78 is 5.01. The molecule has 1 heterocycles. The Bertz CT molecular complexity index is 671. The van der Waals surface area contributed by atoms with Gasteiger partial charge < -0.3 is 14.6 Å². The molecule has 5 nitrogen and oxygen atoms in total. The van der Waals surface area contributed by atoms with Crippen molar-refractivity contribution in [3.05, 3.63) is 59.0 Å². The summed E-state index contributed by atoms with van der Waals surface area (Å²) in [4.78, 5) is 25.8. The molecule has 0 bridgehead atoms. The van der Waals surface area contributed by atoms with E-state index in [1.165, 1.54) is 6.26 Å². The maximum Gasteiger partial charge on any atom is 0.286 e. The van der Waals surface area contributed by atoms with Crippen molar-refractivity contribution in [1.82, 2.24) is 10.2 Å². The first kappa shape index (κ1) is 18.1. The summed E-state index contributed by atoms with van der Waals surface area (Å²) in [6.45, 7) is 3.54. The zero-order chi connectivity index (χ0) is 17.4. The highest BCUT2D eigenvalue weighted by Crippen LogP contribution is 2.13. The third kappa shape index (κ3) is 5.42. The summed E-state index contributed by atoms with van der Waals surface area (Å²) in [6, 6.07) is 10.8. The number of carbonyl (C=O) groups excluding carboxylic acids is 2. The Hall–Kier alpha value is -2.27. The third-order valence-electron chi connectivity index (χ3n) is 3.59. The lowest BCUT2D eigenvalue weighted by Gasteiger charge is -2.21. The molecule has 0 aliphatic carbocycles. The van der Waals surface area contributed by atoms with E-state index >= 15 is 0 Å². The smallest absolute Gasteiger partial charge is 0.286 e. The summed E-state index contributed by atoms with van der Waals surface area (Å²) in [7, 11) is 0. The third-order valence-corrected chi connectivity index (χ3v) is 3.83. The van der Waals surface area contributed by atoms with E-state index < -0.39 is 0 Å². The maximum absolute atomic E-state index is 12.3. The number of nitrogens with zero attached hydrogens (tertiary/aromatic N) is 1.